The van der Waals surface area contributed by atoms with E-state index in [9.17, 15) is 0 Å². The van der Waals surface area contributed by atoms with E-state index in [0.717, 1.165) is 57.2 Å². The van der Waals surface area contributed by atoms with Gasteiger partial charge in [0.15, 0.2) is 5.96 Å². The van der Waals surface area contributed by atoms with Crippen LogP contribution in [0.3, 0.4) is 0 Å². The summed E-state index contributed by atoms with van der Waals surface area (Å²) in [6.45, 7) is 6.20. The fraction of sp³-hybridized carbons (Fsp3) is 0.480. The van der Waals surface area contributed by atoms with Crippen molar-refractivity contribution in [3.63, 3.8) is 0 Å². The van der Waals surface area contributed by atoms with Gasteiger partial charge in [0.25, 0.3) is 0 Å². The van der Waals surface area contributed by atoms with E-state index in [2.05, 4.69) is 76.0 Å². The van der Waals surface area contributed by atoms with Gasteiger partial charge in [0, 0.05) is 44.7 Å². The van der Waals surface area contributed by atoms with Gasteiger partial charge in [-0.05, 0) is 43.4 Å². The number of fused-ring (bicyclic) bond motifs is 1. The second kappa shape index (κ2) is 9.98. The maximum atomic E-state index is 5.79. The minimum atomic E-state index is 0.460. The Labute approximate surface area is 180 Å². The molecule has 2 heterocycles. The zero-order chi connectivity index (χ0) is 20.8. The molecule has 1 saturated heterocycles. The number of aliphatic imine (C=N–C) groups is 1. The quantitative estimate of drug-likeness (QED) is 0.583. The largest absolute Gasteiger partial charge is 0.493 e. The van der Waals surface area contributed by atoms with Gasteiger partial charge in [-0.2, -0.15) is 0 Å². The van der Waals surface area contributed by atoms with E-state index in [-0.39, 0.29) is 0 Å². The van der Waals surface area contributed by atoms with Crippen LogP contribution in [0.15, 0.2) is 59.6 Å². The molecular weight excluding hydrogens is 372 g/mol. The molecule has 0 aliphatic carbocycles. The molecule has 2 aromatic rings. The minimum absolute atomic E-state index is 0.460. The fourth-order valence-corrected chi connectivity index (χ4v) is 4.61. The van der Waals surface area contributed by atoms with Crippen LogP contribution in [-0.4, -0.2) is 50.2 Å². The molecule has 1 fully saturated rings. The third-order valence-electron chi connectivity index (χ3n) is 6.52. The predicted molar refractivity (Wildman–Crippen MR) is 123 cm³/mol. The highest BCUT2D eigenvalue weighted by atomic mass is 16.5. The zero-order valence-electron chi connectivity index (χ0n) is 18.2. The summed E-state index contributed by atoms with van der Waals surface area (Å²) in [6, 6.07) is 20.1. The number of guanidine groups is 1. The molecule has 0 radical (unpaired) electrons. The molecule has 0 bridgehead atoms. The van der Waals surface area contributed by atoms with Crippen LogP contribution in [-0.2, 0) is 0 Å². The van der Waals surface area contributed by atoms with E-state index >= 15 is 0 Å². The number of nitrogens with zero attached hydrogens (tertiary/aromatic N) is 2. The third kappa shape index (κ3) is 4.96. The van der Waals surface area contributed by atoms with Crippen molar-refractivity contribution >= 4 is 5.96 Å². The highest BCUT2D eigenvalue weighted by molar-refractivity contribution is 5.80. The molecule has 30 heavy (non-hydrogen) atoms. The second-order valence-electron chi connectivity index (χ2n) is 8.37. The van der Waals surface area contributed by atoms with Crippen LogP contribution in [0.4, 0.5) is 0 Å². The second-order valence-corrected chi connectivity index (χ2v) is 8.37. The fourth-order valence-electron chi connectivity index (χ4n) is 4.61. The number of piperidine rings is 1. The summed E-state index contributed by atoms with van der Waals surface area (Å²) >= 11 is 0. The number of hydrogen-bond acceptors (Lipinski definition) is 3. The first kappa shape index (κ1) is 20.7. The lowest BCUT2D eigenvalue weighted by Crippen LogP contribution is -2.49. The van der Waals surface area contributed by atoms with E-state index in [1.54, 1.807) is 0 Å². The monoisotopic (exact) mass is 406 g/mol. The molecule has 0 spiro atoms. The Bertz CT molecular complexity index is 830. The molecule has 5 heteroatoms. The van der Waals surface area contributed by atoms with E-state index in [4.69, 9.17) is 4.74 Å². The SMILES string of the molecule is CN=C(NCC1CCOc2ccccc21)NC1CCN(C(C)c2ccccc2)CC1. The van der Waals surface area contributed by atoms with Crippen LogP contribution < -0.4 is 15.4 Å². The van der Waals surface area contributed by atoms with Crippen molar-refractivity contribution in [2.45, 2.75) is 44.2 Å². The minimum Gasteiger partial charge on any atom is -0.493 e. The number of nitrogens with one attached hydrogen (secondary N) is 2. The Balaban J connectivity index is 1.26. The molecule has 2 aromatic carbocycles. The molecular formula is C25H34N4O. The lowest BCUT2D eigenvalue weighted by Gasteiger charge is -2.37. The number of benzene rings is 2. The van der Waals surface area contributed by atoms with Gasteiger partial charge in [-0.15, -0.1) is 0 Å². The first-order valence-electron chi connectivity index (χ1n) is 11.2. The lowest BCUT2D eigenvalue weighted by molar-refractivity contribution is 0.158. The molecule has 2 atom stereocenters. The van der Waals surface area contributed by atoms with Gasteiger partial charge in [0.2, 0.25) is 0 Å². The Hall–Kier alpha value is -2.53. The van der Waals surface area contributed by atoms with E-state index in [1.807, 2.05) is 13.1 Å². The van der Waals surface area contributed by atoms with Crippen molar-refractivity contribution in [2.75, 3.05) is 33.3 Å². The first-order chi connectivity index (χ1) is 14.7. The zero-order valence-corrected chi connectivity index (χ0v) is 18.2. The standard InChI is InChI=1S/C25H34N4O/c1-19(20-8-4-3-5-9-20)29-15-12-22(13-16-29)28-25(26-2)27-18-21-14-17-30-24-11-7-6-10-23(21)24/h3-11,19,21-22H,12-18H2,1-2H3,(H2,26,27,28). The van der Waals surface area contributed by atoms with Gasteiger partial charge in [-0.1, -0.05) is 48.5 Å². The van der Waals surface area contributed by atoms with E-state index in [1.165, 1.54) is 11.1 Å². The van der Waals surface area contributed by atoms with Crippen LogP contribution in [0.25, 0.3) is 0 Å². The van der Waals surface area contributed by atoms with Crippen LogP contribution in [0.1, 0.15) is 49.3 Å². The molecule has 4 rings (SSSR count). The van der Waals surface area contributed by atoms with Gasteiger partial charge < -0.3 is 15.4 Å². The van der Waals surface area contributed by atoms with Crippen molar-refractivity contribution in [1.29, 1.82) is 0 Å². The number of rotatable bonds is 5. The van der Waals surface area contributed by atoms with Crippen LogP contribution in [0, 0.1) is 0 Å². The first-order valence-corrected chi connectivity index (χ1v) is 11.2. The van der Waals surface area contributed by atoms with Crippen molar-refractivity contribution in [3.8, 4) is 5.75 Å². The highest BCUT2D eigenvalue weighted by Crippen LogP contribution is 2.32. The van der Waals surface area contributed by atoms with Crippen molar-refractivity contribution in [2.24, 2.45) is 4.99 Å². The van der Waals surface area contributed by atoms with E-state index in [0.29, 0.717) is 18.0 Å². The molecule has 5 nitrogen and oxygen atoms in total. The molecule has 0 saturated carbocycles. The number of hydrogen-bond donors (Lipinski definition) is 2. The molecule has 0 aromatic heterocycles. The maximum Gasteiger partial charge on any atom is 0.191 e. The van der Waals surface area contributed by atoms with Crippen molar-refractivity contribution in [3.05, 3.63) is 65.7 Å². The van der Waals surface area contributed by atoms with Gasteiger partial charge in [0.05, 0.1) is 6.61 Å². The summed E-state index contributed by atoms with van der Waals surface area (Å²) in [5.41, 5.74) is 2.70. The summed E-state index contributed by atoms with van der Waals surface area (Å²) in [5, 5.41) is 7.21. The van der Waals surface area contributed by atoms with Crippen LogP contribution in [0.2, 0.25) is 0 Å². The average Bonchev–Trinajstić information content (AvgIpc) is 2.82. The Morgan fingerprint density at radius 3 is 2.57 bits per heavy atom. The predicted octanol–water partition coefficient (Wildman–Crippen LogP) is 3.94. The van der Waals surface area contributed by atoms with Crippen LogP contribution in [0.5, 0.6) is 5.75 Å². The maximum absolute atomic E-state index is 5.79. The Kier molecular flexibility index (Phi) is 6.90. The molecule has 2 N–H and O–H groups in total. The number of likely N-dealkylation sites (tertiary alicyclic amines) is 1. The average molecular weight is 407 g/mol. The molecule has 0 amide bonds. The van der Waals surface area contributed by atoms with E-state index < -0.39 is 0 Å². The third-order valence-corrected chi connectivity index (χ3v) is 6.52. The van der Waals surface area contributed by atoms with Crippen molar-refractivity contribution < 1.29 is 4.74 Å². The summed E-state index contributed by atoms with van der Waals surface area (Å²) in [6.07, 6.45) is 3.31. The summed E-state index contributed by atoms with van der Waals surface area (Å²) in [7, 11) is 1.86. The van der Waals surface area contributed by atoms with Crippen LogP contribution >= 0.6 is 0 Å². The number of para-hydroxylation sites is 1. The van der Waals surface area contributed by atoms with Crippen molar-refractivity contribution in [1.82, 2.24) is 15.5 Å². The molecule has 2 unspecified atom stereocenters. The summed E-state index contributed by atoms with van der Waals surface area (Å²) in [4.78, 5) is 7.06. The van der Waals surface area contributed by atoms with Gasteiger partial charge in [0.1, 0.15) is 5.75 Å². The molecule has 160 valence electrons. The lowest BCUT2D eigenvalue weighted by atomic mass is 9.93. The Morgan fingerprint density at radius 2 is 1.80 bits per heavy atom. The molecule has 2 aliphatic heterocycles. The topological polar surface area (TPSA) is 48.9 Å². The molecule has 2 aliphatic rings. The smallest absolute Gasteiger partial charge is 0.191 e. The van der Waals surface area contributed by atoms with Gasteiger partial charge in [-0.25, -0.2) is 0 Å². The number of ether oxygens (including phenoxy) is 1. The Morgan fingerprint density at radius 1 is 1.07 bits per heavy atom. The summed E-state index contributed by atoms with van der Waals surface area (Å²) in [5.74, 6) is 2.40. The summed E-state index contributed by atoms with van der Waals surface area (Å²) < 4.78 is 5.79. The van der Waals surface area contributed by atoms with Gasteiger partial charge in [-0.3, -0.25) is 9.89 Å². The highest BCUT2D eigenvalue weighted by Gasteiger charge is 2.25. The normalized spacial score (nSPS) is 21.4. The van der Waals surface area contributed by atoms with Gasteiger partial charge >= 0.3 is 0 Å².